The van der Waals surface area contributed by atoms with E-state index in [0.717, 1.165) is 11.1 Å². The zero-order valence-electron chi connectivity index (χ0n) is 16.9. The molecule has 0 aliphatic rings. The minimum Gasteiger partial charge on any atom is -0.483 e. The number of hydrogen-bond acceptors (Lipinski definition) is 5. The van der Waals surface area contributed by atoms with Crippen molar-refractivity contribution in [2.75, 3.05) is 5.75 Å². The Kier molecular flexibility index (Phi) is 7.64. The SMILES string of the molecule is Cc1cc(OC(C)c2nnc(SCC(=O)NCc3ccc(Cl)cc3)n2C)ccc1Cl. The van der Waals surface area contributed by atoms with E-state index in [2.05, 4.69) is 15.5 Å². The lowest BCUT2D eigenvalue weighted by atomic mass is 10.2. The summed E-state index contributed by atoms with van der Waals surface area (Å²) in [7, 11) is 1.86. The van der Waals surface area contributed by atoms with Gasteiger partial charge in [0.25, 0.3) is 0 Å². The number of thioether (sulfide) groups is 1. The van der Waals surface area contributed by atoms with Crippen molar-refractivity contribution < 1.29 is 9.53 Å². The number of aromatic nitrogens is 3. The molecular weight excluding hydrogens is 443 g/mol. The Morgan fingerprint density at radius 3 is 2.63 bits per heavy atom. The molecule has 2 aromatic carbocycles. The summed E-state index contributed by atoms with van der Waals surface area (Å²) in [5.74, 6) is 1.54. The maximum atomic E-state index is 12.2. The van der Waals surface area contributed by atoms with Gasteiger partial charge in [0.1, 0.15) is 5.75 Å². The van der Waals surface area contributed by atoms with Crippen LogP contribution in [0.25, 0.3) is 0 Å². The smallest absolute Gasteiger partial charge is 0.230 e. The molecule has 3 rings (SSSR count). The van der Waals surface area contributed by atoms with Gasteiger partial charge >= 0.3 is 0 Å². The summed E-state index contributed by atoms with van der Waals surface area (Å²) in [4.78, 5) is 12.2. The highest BCUT2D eigenvalue weighted by molar-refractivity contribution is 7.99. The summed E-state index contributed by atoms with van der Waals surface area (Å²) in [6.07, 6.45) is -0.309. The molecule has 0 aliphatic carbocycles. The van der Waals surface area contributed by atoms with Crippen molar-refractivity contribution in [3.05, 3.63) is 69.5 Å². The van der Waals surface area contributed by atoms with E-state index in [1.54, 1.807) is 18.2 Å². The molecule has 9 heteroatoms. The molecular formula is C21H22Cl2N4O2S. The quantitative estimate of drug-likeness (QED) is 0.476. The highest BCUT2D eigenvalue weighted by Gasteiger charge is 2.18. The number of carbonyl (C=O) groups is 1. The van der Waals surface area contributed by atoms with E-state index in [9.17, 15) is 4.79 Å². The van der Waals surface area contributed by atoms with Crippen LogP contribution in [0.15, 0.2) is 47.6 Å². The van der Waals surface area contributed by atoms with Gasteiger partial charge in [-0.1, -0.05) is 47.1 Å². The minimum absolute atomic E-state index is 0.0829. The summed E-state index contributed by atoms with van der Waals surface area (Å²) in [6, 6.07) is 12.9. The standard InChI is InChI=1S/C21H22Cl2N4O2S/c1-13-10-17(8-9-18(13)23)29-14(2)20-25-26-21(27(20)3)30-12-19(28)24-11-15-4-6-16(22)7-5-15/h4-10,14H,11-12H2,1-3H3,(H,24,28). The molecule has 0 spiro atoms. The van der Waals surface area contributed by atoms with Crippen LogP contribution >= 0.6 is 35.0 Å². The van der Waals surface area contributed by atoms with E-state index in [0.29, 0.717) is 33.3 Å². The summed E-state index contributed by atoms with van der Waals surface area (Å²) in [5.41, 5.74) is 1.93. The van der Waals surface area contributed by atoms with Gasteiger partial charge in [0.2, 0.25) is 5.91 Å². The molecule has 0 radical (unpaired) electrons. The van der Waals surface area contributed by atoms with E-state index >= 15 is 0 Å². The Morgan fingerprint density at radius 1 is 1.20 bits per heavy atom. The first-order chi connectivity index (χ1) is 14.3. The van der Waals surface area contributed by atoms with E-state index in [1.807, 2.05) is 49.7 Å². The first-order valence-electron chi connectivity index (χ1n) is 9.29. The first-order valence-corrected chi connectivity index (χ1v) is 11.0. The van der Waals surface area contributed by atoms with Crippen molar-refractivity contribution in [1.29, 1.82) is 0 Å². The second-order valence-corrected chi connectivity index (χ2v) is 8.55. The molecule has 6 nitrogen and oxygen atoms in total. The van der Waals surface area contributed by atoms with E-state index in [4.69, 9.17) is 27.9 Å². The molecule has 1 amide bonds. The molecule has 0 aliphatic heterocycles. The molecule has 1 unspecified atom stereocenters. The lowest BCUT2D eigenvalue weighted by molar-refractivity contribution is -0.118. The number of amides is 1. The molecule has 0 fully saturated rings. The summed E-state index contributed by atoms with van der Waals surface area (Å²) in [6.45, 7) is 4.28. The van der Waals surface area contributed by atoms with Gasteiger partial charge in [-0.2, -0.15) is 0 Å². The van der Waals surface area contributed by atoms with Crippen LogP contribution in [-0.2, 0) is 18.4 Å². The Balaban J connectivity index is 1.53. The molecule has 1 heterocycles. The topological polar surface area (TPSA) is 69.0 Å². The number of benzene rings is 2. The Morgan fingerprint density at radius 2 is 1.93 bits per heavy atom. The lowest BCUT2D eigenvalue weighted by Gasteiger charge is -2.15. The molecule has 1 atom stereocenters. The van der Waals surface area contributed by atoms with Crippen LogP contribution in [-0.4, -0.2) is 26.4 Å². The van der Waals surface area contributed by atoms with Crippen LogP contribution in [0.2, 0.25) is 10.0 Å². The van der Waals surface area contributed by atoms with E-state index < -0.39 is 0 Å². The van der Waals surface area contributed by atoms with Crippen LogP contribution < -0.4 is 10.1 Å². The number of nitrogens with zero attached hydrogens (tertiary/aromatic N) is 3. The predicted molar refractivity (Wildman–Crippen MR) is 120 cm³/mol. The highest BCUT2D eigenvalue weighted by atomic mass is 35.5. The largest absolute Gasteiger partial charge is 0.483 e. The van der Waals surface area contributed by atoms with Gasteiger partial charge < -0.3 is 14.6 Å². The van der Waals surface area contributed by atoms with E-state index in [-0.39, 0.29) is 17.8 Å². The van der Waals surface area contributed by atoms with Crippen LogP contribution in [0.4, 0.5) is 0 Å². The molecule has 0 bridgehead atoms. The summed E-state index contributed by atoms with van der Waals surface area (Å²) < 4.78 is 7.81. The van der Waals surface area contributed by atoms with Crippen molar-refractivity contribution in [2.24, 2.45) is 7.05 Å². The van der Waals surface area contributed by atoms with Gasteiger partial charge in [-0.25, -0.2) is 0 Å². The van der Waals surface area contributed by atoms with Gasteiger partial charge in [-0.3, -0.25) is 4.79 Å². The Hall–Kier alpha value is -2.22. The van der Waals surface area contributed by atoms with Crippen molar-refractivity contribution >= 4 is 40.9 Å². The monoisotopic (exact) mass is 464 g/mol. The Labute approximate surface area is 189 Å². The fourth-order valence-corrected chi connectivity index (χ4v) is 3.73. The summed E-state index contributed by atoms with van der Waals surface area (Å²) >= 11 is 13.3. The second kappa shape index (κ2) is 10.2. The molecule has 0 saturated carbocycles. The van der Waals surface area contributed by atoms with Crippen LogP contribution in [0.1, 0.15) is 30.0 Å². The third kappa shape index (κ3) is 5.90. The molecule has 158 valence electrons. The molecule has 1 N–H and O–H groups in total. The van der Waals surface area contributed by atoms with Crippen LogP contribution in [0.3, 0.4) is 0 Å². The van der Waals surface area contributed by atoms with Crippen LogP contribution in [0.5, 0.6) is 5.75 Å². The molecule has 1 aromatic heterocycles. The number of aryl methyl sites for hydroxylation is 1. The zero-order chi connectivity index (χ0) is 21.7. The van der Waals surface area contributed by atoms with Gasteiger partial charge in [-0.05, 0) is 55.3 Å². The number of carbonyl (C=O) groups excluding carboxylic acids is 1. The van der Waals surface area contributed by atoms with Gasteiger partial charge in [0.05, 0.1) is 5.75 Å². The maximum Gasteiger partial charge on any atom is 0.230 e. The number of ether oxygens (including phenoxy) is 1. The third-order valence-electron chi connectivity index (χ3n) is 4.41. The number of rotatable bonds is 8. The fraction of sp³-hybridized carbons (Fsp3) is 0.286. The van der Waals surface area contributed by atoms with Gasteiger partial charge in [0, 0.05) is 23.6 Å². The summed E-state index contributed by atoms with van der Waals surface area (Å²) in [5, 5.41) is 13.3. The van der Waals surface area contributed by atoms with Crippen LogP contribution in [0, 0.1) is 6.92 Å². The van der Waals surface area contributed by atoms with Crippen molar-refractivity contribution in [1.82, 2.24) is 20.1 Å². The fourth-order valence-electron chi connectivity index (χ4n) is 2.74. The first kappa shape index (κ1) is 22.5. The normalized spacial score (nSPS) is 11.9. The second-order valence-electron chi connectivity index (χ2n) is 6.76. The molecule has 3 aromatic rings. The van der Waals surface area contributed by atoms with Gasteiger partial charge in [0.15, 0.2) is 17.1 Å². The number of halogens is 2. The zero-order valence-corrected chi connectivity index (χ0v) is 19.2. The molecule has 0 saturated heterocycles. The average molecular weight is 465 g/mol. The lowest BCUT2D eigenvalue weighted by Crippen LogP contribution is -2.24. The maximum absolute atomic E-state index is 12.2. The Bertz CT molecular complexity index is 1020. The predicted octanol–water partition coefficient (Wildman–Crippen LogP) is 4.98. The van der Waals surface area contributed by atoms with Crippen molar-refractivity contribution in [2.45, 2.75) is 31.7 Å². The van der Waals surface area contributed by atoms with Gasteiger partial charge in [-0.15, -0.1) is 10.2 Å². The van der Waals surface area contributed by atoms with E-state index in [1.165, 1.54) is 11.8 Å². The van der Waals surface area contributed by atoms with Crippen molar-refractivity contribution in [3.63, 3.8) is 0 Å². The minimum atomic E-state index is -0.309. The average Bonchev–Trinajstić information content (AvgIpc) is 3.09. The number of nitrogens with one attached hydrogen (secondary N) is 1. The highest BCUT2D eigenvalue weighted by Crippen LogP contribution is 2.26. The van der Waals surface area contributed by atoms with Crippen molar-refractivity contribution in [3.8, 4) is 5.75 Å². The number of hydrogen-bond donors (Lipinski definition) is 1. The third-order valence-corrected chi connectivity index (χ3v) is 6.11. The molecule has 30 heavy (non-hydrogen) atoms.